The van der Waals surface area contributed by atoms with Crippen molar-refractivity contribution >= 4 is 45.8 Å². The van der Waals surface area contributed by atoms with E-state index in [4.69, 9.17) is 20.8 Å². The van der Waals surface area contributed by atoms with E-state index in [1.165, 1.54) is 12.1 Å². The van der Waals surface area contributed by atoms with Crippen LogP contribution in [-0.4, -0.2) is 23.4 Å². The van der Waals surface area contributed by atoms with Gasteiger partial charge in [-0.15, -0.1) is 0 Å². The van der Waals surface area contributed by atoms with Crippen LogP contribution in [0.2, 0.25) is 5.02 Å². The molecule has 0 spiro atoms. The van der Waals surface area contributed by atoms with Gasteiger partial charge >= 0.3 is 5.97 Å². The van der Waals surface area contributed by atoms with Crippen LogP contribution < -0.4 is 5.32 Å². The lowest BCUT2D eigenvalue weighted by Crippen LogP contribution is -2.21. The van der Waals surface area contributed by atoms with Crippen LogP contribution in [0, 0.1) is 17.0 Å². The number of carbonyl (C=O) groups excluding carboxylic acids is 2. The third kappa shape index (κ3) is 3.90. The predicted molar refractivity (Wildman–Crippen MR) is 98.0 cm³/mol. The molecule has 9 heteroatoms. The van der Waals surface area contributed by atoms with Crippen molar-refractivity contribution in [2.24, 2.45) is 0 Å². The lowest BCUT2D eigenvalue weighted by atomic mass is 10.1. The van der Waals surface area contributed by atoms with Crippen LogP contribution in [0.3, 0.4) is 0 Å². The molecule has 27 heavy (non-hydrogen) atoms. The molecule has 0 atom stereocenters. The Kier molecular flexibility index (Phi) is 5.09. The van der Waals surface area contributed by atoms with Gasteiger partial charge in [-0.2, -0.15) is 0 Å². The number of nitro benzene ring substituents is 1. The van der Waals surface area contributed by atoms with E-state index >= 15 is 0 Å². The summed E-state index contributed by atoms with van der Waals surface area (Å²) in [6.45, 7) is 1.15. The number of nitrogens with one attached hydrogen (secondary N) is 1. The summed E-state index contributed by atoms with van der Waals surface area (Å²) in [6.07, 6.45) is 0. The van der Waals surface area contributed by atoms with Crippen molar-refractivity contribution in [2.75, 3.05) is 11.9 Å². The molecule has 0 saturated heterocycles. The summed E-state index contributed by atoms with van der Waals surface area (Å²) in [6, 6.07) is 10.7. The predicted octanol–water partition coefficient (Wildman–Crippen LogP) is 4.10. The highest BCUT2D eigenvalue weighted by molar-refractivity contribution is 6.34. The van der Waals surface area contributed by atoms with Crippen LogP contribution >= 0.6 is 11.6 Å². The lowest BCUT2D eigenvalue weighted by molar-refractivity contribution is -0.384. The Morgan fingerprint density at radius 1 is 1.26 bits per heavy atom. The van der Waals surface area contributed by atoms with Crippen molar-refractivity contribution < 1.29 is 23.7 Å². The first kappa shape index (κ1) is 18.4. The number of ether oxygens (including phenoxy) is 1. The standard InChI is InChI=1S/C18H13ClN2O6/c1-10-12-4-2-3-5-15(12)27-17(10)18(23)26-9-16(22)20-14-7-6-11(21(24)25)8-13(14)19/h2-8H,9H2,1H3,(H,20,22). The van der Waals surface area contributed by atoms with E-state index in [0.29, 0.717) is 11.1 Å². The van der Waals surface area contributed by atoms with Gasteiger partial charge in [-0.3, -0.25) is 14.9 Å². The minimum atomic E-state index is -0.770. The molecule has 0 aliphatic heterocycles. The first-order chi connectivity index (χ1) is 12.9. The average molecular weight is 389 g/mol. The number of amides is 1. The van der Waals surface area contributed by atoms with Crippen LogP contribution in [-0.2, 0) is 9.53 Å². The highest BCUT2D eigenvalue weighted by Gasteiger charge is 2.20. The summed E-state index contributed by atoms with van der Waals surface area (Å²) in [5, 5.41) is 13.9. The van der Waals surface area contributed by atoms with Gasteiger partial charge in [0.2, 0.25) is 5.76 Å². The van der Waals surface area contributed by atoms with E-state index in [0.717, 1.165) is 11.5 Å². The number of esters is 1. The maximum absolute atomic E-state index is 12.2. The number of para-hydroxylation sites is 1. The molecule has 1 heterocycles. The summed E-state index contributed by atoms with van der Waals surface area (Å²) >= 11 is 5.90. The lowest BCUT2D eigenvalue weighted by Gasteiger charge is -2.07. The number of non-ortho nitro benzene ring substituents is 1. The first-order valence-corrected chi connectivity index (χ1v) is 8.13. The summed E-state index contributed by atoms with van der Waals surface area (Å²) in [5.41, 5.74) is 1.13. The van der Waals surface area contributed by atoms with Gasteiger partial charge in [0.25, 0.3) is 11.6 Å². The second-order valence-corrected chi connectivity index (χ2v) is 6.01. The van der Waals surface area contributed by atoms with Crippen molar-refractivity contribution in [3.63, 3.8) is 0 Å². The van der Waals surface area contributed by atoms with Crippen molar-refractivity contribution in [1.29, 1.82) is 0 Å². The van der Waals surface area contributed by atoms with E-state index in [2.05, 4.69) is 5.32 Å². The van der Waals surface area contributed by atoms with Gasteiger partial charge in [-0.05, 0) is 19.1 Å². The van der Waals surface area contributed by atoms with Gasteiger partial charge in [0.15, 0.2) is 6.61 Å². The summed E-state index contributed by atoms with van der Waals surface area (Å²) < 4.78 is 10.5. The molecule has 2 aromatic carbocycles. The van der Waals surface area contributed by atoms with Crippen LogP contribution in [0.25, 0.3) is 11.0 Å². The zero-order valence-corrected chi connectivity index (χ0v) is 14.8. The fourth-order valence-corrected chi connectivity index (χ4v) is 2.69. The molecule has 0 aliphatic carbocycles. The minimum Gasteiger partial charge on any atom is -0.450 e. The van der Waals surface area contributed by atoms with Crippen LogP contribution in [0.15, 0.2) is 46.9 Å². The van der Waals surface area contributed by atoms with Crippen molar-refractivity contribution in [1.82, 2.24) is 0 Å². The van der Waals surface area contributed by atoms with E-state index in [9.17, 15) is 19.7 Å². The monoisotopic (exact) mass is 388 g/mol. The van der Waals surface area contributed by atoms with Gasteiger partial charge < -0.3 is 14.5 Å². The van der Waals surface area contributed by atoms with Gasteiger partial charge in [0.1, 0.15) is 5.58 Å². The Bertz CT molecular complexity index is 1060. The smallest absolute Gasteiger partial charge is 0.375 e. The molecule has 0 bridgehead atoms. The molecule has 1 aromatic heterocycles. The molecule has 0 saturated carbocycles. The topological polar surface area (TPSA) is 112 Å². The number of rotatable bonds is 5. The highest BCUT2D eigenvalue weighted by Crippen LogP contribution is 2.27. The van der Waals surface area contributed by atoms with E-state index in [1.54, 1.807) is 19.1 Å². The molecule has 8 nitrogen and oxygen atoms in total. The second-order valence-electron chi connectivity index (χ2n) is 5.60. The number of halogens is 1. The minimum absolute atomic E-state index is 0.00277. The molecular formula is C18H13ClN2O6. The third-order valence-corrected chi connectivity index (χ3v) is 4.11. The molecule has 138 valence electrons. The van der Waals surface area contributed by atoms with Crippen LogP contribution in [0.5, 0.6) is 0 Å². The molecule has 0 unspecified atom stereocenters. The highest BCUT2D eigenvalue weighted by atomic mass is 35.5. The number of furan rings is 1. The Morgan fingerprint density at radius 2 is 2.00 bits per heavy atom. The zero-order chi connectivity index (χ0) is 19.6. The summed E-state index contributed by atoms with van der Waals surface area (Å²) in [5.74, 6) is -1.39. The summed E-state index contributed by atoms with van der Waals surface area (Å²) in [4.78, 5) is 34.2. The molecule has 0 aliphatic rings. The first-order valence-electron chi connectivity index (χ1n) is 7.76. The third-order valence-electron chi connectivity index (χ3n) is 3.80. The quantitative estimate of drug-likeness (QED) is 0.400. The zero-order valence-electron chi connectivity index (χ0n) is 14.0. The largest absolute Gasteiger partial charge is 0.450 e. The van der Waals surface area contributed by atoms with Crippen LogP contribution in [0.1, 0.15) is 16.1 Å². The van der Waals surface area contributed by atoms with Crippen molar-refractivity contribution in [3.8, 4) is 0 Å². The number of fused-ring (bicyclic) bond motifs is 1. The van der Waals surface area contributed by atoms with Crippen LogP contribution in [0.4, 0.5) is 11.4 Å². The average Bonchev–Trinajstić information content (AvgIpc) is 2.98. The number of hydrogen-bond donors (Lipinski definition) is 1. The van der Waals surface area contributed by atoms with E-state index in [1.807, 2.05) is 12.1 Å². The maximum atomic E-state index is 12.2. The van der Waals surface area contributed by atoms with Crippen molar-refractivity contribution in [2.45, 2.75) is 6.92 Å². The normalized spacial score (nSPS) is 10.6. The van der Waals surface area contributed by atoms with Gasteiger partial charge in [-0.25, -0.2) is 4.79 Å². The van der Waals surface area contributed by atoms with Crippen molar-refractivity contribution in [3.05, 3.63) is 68.9 Å². The molecule has 0 radical (unpaired) electrons. The number of nitrogens with zero attached hydrogens (tertiary/aromatic N) is 1. The Hall–Kier alpha value is -3.39. The van der Waals surface area contributed by atoms with E-state index < -0.39 is 23.4 Å². The molecule has 3 aromatic rings. The maximum Gasteiger partial charge on any atom is 0.375 e. The number of anilines is 1. The number of aryl methyl sites for hydroxylation is 1. The Labute approximate surface area is 157 Å². The van der Waals surface area contributed by atoms with Gasteiger partial charge in [0.05, 0.1) is 15.6 Å². The van der Waals surface area contributed by atoms with E-state index in [-0.39, 0.29) is 22.2 Å². The fraction of sp³-hybridized carbons (Fsp3) is 0.111. The number of carbonyl (C=O) groups is 2. The number of benzene rings is 2. The van der Waals surface area contributed by atoms with Gasteiger partial charge in [0, 0.05) is 23.1 Å². The fourth-order valence-electron chi connectivity index (χ4n) is 2.47. The SMILES string of the molecule is Cc1c(C(=O)OCC(=O)Nc2ccc([N+](=O)[O-])cc2Cl)oc2ccccc12. The second kappa shape index (κ2) is 7.46. The molecular weight excluding hydrogens is 376 g/mol. The van der Waals surface area contributed by atoms with Gasteiger partial charge in [-0.1, -0.05) is 29.8 Å². The Morgan fingerprint density at radius 3 is 2.67 bits per heavy atom. The molecule has 3 rings (SSSR count). The summed E-state index contributed by atoms with van der Waals surface area (Å²) in [7, 11) is 0. The number of nitro groups is 1. The Balaban J connectivity index is 1.64. The molecule has 0 fully saturated rings. The molecule has 1 amide bonds. The number of hydrogen-bond acceptors (Lipinski definition) is 6. The molecule has 1 N–H and O–H groups in total.